The van der Waals surface area contributed by atoms with Gasteiger partial charge in [0.05, 0.1) is 33.9 Å². The standard InChI is InChI=1S/C35H24F4N4.C35H22F4N4.2CH4.Pt/c2*1-35(2,29-19-23(21-9-5-3-6-10-21)17-27(40-29)25-13-15-31(36)42-33(25)38)30-20-24(22-11-7-4-8-12-22)18-28(41-30)26-14-16-32(37)43-34(26)39;;;/h3-20H,1-2H3;3-12,15-20H,1-2H3;2*1H4;/q;-2;;;+2. The first kappa shape index (κ1) is 65.2. The fourth-order valence-corrected chi connectivity index (χ4v) is 9.70. The first-order chi connectivity index (χ1) is 41.4. The van der Waals surface area contributed by atoms with Crippen molar-refractivity contribution < 1.29 is 56.2 Å². The average Bonchev–Trinajstić information content (AvgIpc) is 1.79. The molecule has 12 aromatic rings. The van der Waals surface area contributed by atoms with Gasteiger partial charge in [-0.15, -0.1) is 12.1 Å². The molecule has 12 rings (SSSR count). The molecule has 448 valence electrons. The predicted octanol–water partition coefficient (Wildman–Crippen LogP) is 18.5. The summed E-state index contributed by atoms with van der Waals surface area (Å²) in [7, 11) is 0. The summed E-state index contributed by atoms with van der Waals surface area (Å²) in [5.41, 5.74) is 7.49. The van der Waals surface area contributed by atoms with Gasteiger partial charge >= 0.3 is 21.1 Å². The summed E-state index contributed by atoms with van der Waals surface area (Å²) in [4.78, 5) is 32.6. The van der Waals surface area contributed by atoms with Crippen molar-refractivity contribution in [1.82, 2.24) is 39.9 Å². The van der Waals surface area contributed by atoms with Gasteiger partial charge < -0.3 is 9.97 Å². The molecule has 0 unspecified atom stereocenters. The largest absolute Gasteiger partial charge is 2.00 e. The summed E-state index contributed by atoms with van der Waals surface area (Å²) < 4.78 is 114. The van der Waals surface area contributed by atoms with E-state index in [1.165, 1.54) is 12.1 Å². The fourth-order valence-electron chi connectivity index (χ4n) is 9.70. The van der Waals surface area contributed by atoms with Crippen LogP contribution < -0.4 is 0 Å². The molecule has 0 saturated heterocycles. The first-order valence-corrected chi connectivity index (χ1v) is 26.8. The van der Waals surface area contributed by atoms with Gasteiger partial charge in [-0.05, 0) is 144 Å². The van der Waals surface area contributed by atoms with Crippen LogP contribution in [0.3, 0.4) is 0 Å². The minimum Gasteiger partial charge on any atom is -0.300 e. The molecule has 0 amide bonds. The molecule has 0 aliphatic heterocycles. The van der Waals surface area contributed by atoms with E-state index in [2.05, 4.69) is 32.1 Å². The van der Waals surface area contributed by atoms with Gasteiger partial charge in [0.15, 0.2) is 0 Å². The van der Waals surface area contributed by atoms with Crippen LogP contribution in [0.4, 0.5) is 35.1 Å². The Morgan fingerprint density at radius 1 is 0.281 bits per heavy atom. The van der Waals surface area contributed by atoms with Crippen molar-refractivity contribution >= 4 is 0 Å². The maximum absolute atomic E-state index is 14.9. The van der Waals surface area contributed by atoms with Crippen molar-refractivity contribution in [3.63, 3.8) is 0 Å². The van der Waals surface area contributed by atoms with Crippen LogP contribution in [0, 0.1) is 59.7 Å². The number of pyridine rings is 8. The summed E-state index contributed by atoms with van der Waals surface area (Å²) in [6.45, 7) is 7.60. The van der Waals surface area contributed by atoms with E-state index in [4.69, 9.17) is 19.9 Å². The molecule has 0 atom stereocenters. The number of aromatic nitrogens is 8. The van der Waals surface area contributed by atoms with Crippen molar-refractivity contribution in [2.75, 3.05) is 0 Å². The third-order valence-corrected chi connectivity index (χ3v) is 14.5. The molecule has 89 heavy (non-hydrogen) atoms. The van der Waals surface area contributed by atoms with Gasteiger partial charge in [0, 0.05) is 22.2 Å². The van der Waals surface area contributed by atoms with Crippen LogP contribution in [-0.2, 0) is 31.9 Å². The van der Waals surface area contributed by atoms with Gasteiger partial charge in [0.25, 0.3) is 0 Å². The SMILES string of the molecule is C.C.CC(C)(c1cc(-c2ccccc2)cc(-c2[c-]cc(F)nc2F)n1)c1cc(-c2ccccc2)cc(-c2[c-]cc(F)nc2F)n1.CC(C)(c1cc(-c2ccccc2)cc(-c2ccc(F)nc2F)n1)c1cc(-c2ccccc2)cc(-c2ccc(F)nc2F)n1.[Pt+2]. The molecule has 17 heteroatoms. The molecular weight excluding hydrogens is 1320 g/mol. The maximum Gasteiger partial charge on any atom is 2.00 e. The Bertz CT molecular complexity index is 3900. The topological polar surface area (TPSA) is 103 Å². The molecule has 0 bridgehead atoms. The van der Waals surface area contributed by atoms with E-state index in [-0.39, 0.29) is 80.9 Å². The molecule has 0 saturated carbocycles. The van der Waals surface area contributed by atoms with Crippen molar-refractivity contribution in [2.24, 2.45) is 0 Å². The van der Waals surface area contributed by atoms with Crippen molar-refractivity contribution in [3.8, 4) is 89.5 Å². The first-order valence-electron chi connectivity index (χ1n) is 26.8. The molecule has 8 aromatic heterocycles. The minimum absolute atomic E-state index is 0. The summed E-state index contributed by atoms with van der Waals surface area (Å²) in [5.74, 6) is -7.88. The summed E-state index contributed by atoms with van der Waals surface area (Å²) in [5, 5.41) is 0. The molecule has 0 aliphatic rings. The number of hydrogen-bond donors (Lipinski definition) is 0. The van der Waals surface area contributed by atoms with E-state index in [0.29, 0.717) is 22.8 Å². The molecule has 4 aromatic carbocycles. The van der Waals surface area contributed by atoms with Crippen LogP contribution in [0.2, 0.25) is 0 Å². The van der Waals surface area contributed by atoms with Gasteiger partial charge in [-0.1, -0.05) is 172 Å². The van der Waals surface area contributed by atoms with E-state index in [9.17, 15) is 35.1 Å². The Morgan fingerprint density at radius 2 is 0.539 bits per heavy atom. The third-order valence-electron chi connectivity index (χ3n) is 14.5. The van der Waals surface area contributed by atoms with Crippen LogP contribution in [0.5, 0.6) is 0 Å². The van der Waals surface area contributed by atoms with Crippen molar-refractivity contribution in [3.05, 3.63) is 289 Å². The number of halogens is 8. The molecule has 0 spiro atoms. The second kappa shape index (κ2) is 27.5. The minimum atomic E-state index is -1.04. The third kappa shape index (κ3) is 14.3. The molecule has 8 nitrogen and oxygen atoms in total. The number of hydrogen-bond acceptors (Lipinski definition) is 8. The van der Waals surface area contributed by atoms with Gasteiger partial charge in [-0.2, -0.15) is 27.5 Å². The van der Waals surface area contributed by atoms with E-state index in [1.54, 1.807) is 24.3 Å². The summed E-state index contributed by atoms with van der Waals surface area (Å²) in [6.07, 6.45) is 0. The van der Waals surface area contributed by atoms with Crippen molar-refractivity contribution in [2.45, 2.75) is 53.4 Å². The van der Waals surface area contributed by atoms with Crippen LogP contribution in [0.1, 0.15) is 65.3 Å². The van der Waals surface area contributed by atoms with Gasteiger partial charge in [-0.25, -0.2) is 17.6 Å². The molecule has 0 N–H and O–H groups in total. The van der Waals surface area contributed by atoms with Gasteiger partial charge in [0.2, 0.25) is 23.8 Å². The zero-order valence-electron chi connectivity index (χ0n) is 46.5. The zero-order valence-corrected chi connectivity index (χ0v) is 48.8. The van der Waals surface area contributed by atoms with E-state index in [0.717, 1.165) is 68.8 Å². The Kier molecular flexibility index (Phi) is 20.1. The Balaban J connectivity index is 0.000000223. The molecule has 0 radical (unpaired) electrons. The zero-order chi connectivity index (χ0) is 60.3. The van der Waals surface area contributed by atoms with Crippen LogP contribution in [0.25, 0.3) is 89.5 Å². The number of nitrogens with zero attached hydrogens (tertiary/aromatic N) is 8. The molecule has 0 fully saturated rings. The fraction of sp³-hybridized carbons (Fsp3) is 0.111. The molecule has 8 heterocycles. The van der Waals surface area contributed by atoms with Crippen LogP contribution in [0.15, 0.2) is 206 Å². The molecule has 0 aliphatic carbocycles. The Morgan fingerprint density at radius 3 is 0.809 bits per heavy atom. The second-order valence-corrected chi connectivity index (χ2v) is 20.9. The van der Waals surface area contributed by atoms with Gasteiger partial charge in [-0.3, -0.25) is 19.9 Å². The monoisotopic (exact) mass is 1380 g/mol. The normalized spacial score (nSPS) is 11.1. The molecular formula is C72H54F8N8Pt. The van der Waals surface area contributed by atoms with E-state index < -0.39 is 58.4 Å². The Hall–Kier alpha value is -9.79. The summed E-state index contributed by atoms with van der Waals surface area (Å²) >= 11 is 0. The van der Waals surface area contributed by atoms with Crippen LogP contribution >= 0.6 is 0 Å². The predicted molar refractivity (Wildman–Crippen MR) is 327 cm³/mol. The second-order valence-electron chi connectivity index (χ2n) is 20.9. The van der Waals surface area contributed by atoms with E-state index in [1.807, 2.05) is 173 Å². The number of benzene rings is 4. The Labute approximate surface area is 524 Å². The average molecular weight is 1380 g/mol. The summed E-state index contributed by atoms with van der Waals surface area (Å²) in [6, 6.07) is 64.3. The van der Waals surface area contributed by atoms with Crippen molar-refractivity contribution in [1.29, 1.82) is 0 Å². The smallest absolute Gasteiger partial charge is 0.300 e. The van der Waals surface area contributed by atoms with Crippen LogP contribution in [-0.4, -0.2) is 39.9 Å². The van der Waals surface area contributed by atoms with Gasteiger partial charge in [0.1, 0.15) is 23.8 Å². The van der Waals surface area contributed by atoms with E-state index >= 15 is 0 Å². The maximum atomic E-state index is 14.9. The number of rotatable bonds is 12. The quantitative estimate of drug-likeness (QED) is 0.0677.